The van der Waals surface area contributed by atoms with Crippen LogP contribution in [0, 0.1) is 0 Å². The number of nitrogens with one attached hydrogen (secondary N) is 1. The Morgan fingerprint density at radius 3 is 2.39 bits per heavy atom. The van der Waals surface area contributed by atoms with Crippen molar-refractivity contribution in [1.82, 2.24) is 5.32 Å². The van der Waals surface area contributed by atoms with Crippen molar-refractivity contribution in [2.75, 3.05) is 18.0 Å². The summed E-state index contributed by atoms with van der Waals surface area (Å²) in [5, 5.41) is 3.38. The predicted molar refractivity (Wildman–Crippen MR) is 96.0 cm³/mol. The molecule has 0 radical (unpaired) electrons. The first kappa shape index (κ1) is 17.5. The summed E-state index contributed by atoms with van der Waals surface area (Å²) in [5.74, 6) is -0.282. The molecule has 0 aliphatic heterocycles. The standard InChI is InChI=1S/C17H16BrClN2O2/c1-12(22)21(16-5-3-2-4-15(16)18)11-10-20-17(23)13-6-8-14(19)9-7-13/h2-9H,10-11H2,1H3,(H,20,23). The van der Waals surface area contributed by atoms with Crippen molar-refractivity contribution in [1.29, 1.82) is 0 Å². The number of amides is 2. The number of hydrogen-bond acceptors (Lipinski definition) is 2. The molecule has 0 unspecified atom stereocenters. The zero-order valence-electron chi connectivity index (χ0n) is 12.6. The Hall–Kier alpha value is -1.85. The van der Waals surface area contributed by atoms with E-state index in [9.17, 15) is 9.59 Å². The van der Waals surface area contributed by atoms with E-state index in [0.717, 1.165) is 10.2 Å². The van der Waals surface area contributed by atoms with E-state index in [4.69, 9.17) is 11.6 Å². The molecule has 0 bridgehead atoms. The molecule has 0 saturated carbocycles. The van der Waals surface area contributed by atoms with Crippen molar-refractivity contribution >= 4 is 45.0 Å². The van der Waals surface area contributed by atoms with Crippen LogP contribution in [0.15, 0.2) is 53.0 Å². The molecule has 0 aliphatic carbocycles. The van der Waals surface area contributed by atoms with Crippen LogP contribution in [0.3, 0.4) is 0 Å². The lowest BCUT2D eigenvalue weighted by Crippen LogP contribution is -2.37. The summed E-state index contributed by atoms with van der Waals surface area (Å²) in [4.78, 5) is 25.5. The highest BCUT2D eigenvalue weighted by atomic mass is 79.9. The minimum absolute atomic E-state index is 0.0855. The fourth-order valence-electron chi connectivity index (χ4n) is 2.10. The van der Waals surface area contributed by atoms with Gasteiger partial charge in [-0.1, -0.05) is 23.7 Å². The molecule has 6 heteroatoms. The third kappa shape index (κ3) is 4.81. The molecule has 0 aliphatic rings. The Bertz CT molecular complexity index is 704. The highest BCUT2D eigenvalue weighted by molar-refractivity contribution is 9.10. The van der Waals surface area contributed by atoms with Crippen molar-refractivity contribution in [3.05, 3.63) is 63.6 Å². The summed E-state index contributed by atoms with van der Waals surface area (Å²) >= 11 is 9.24. The number of carbonyl (C=O) groups excluding carboxylic acids is 2. The zero-order valence-corrected chi connectivity index (χ0v) is 14.9. The van der Waals surface area contributed by atoms with Crippen LogP contribution in [0.2, 0.25) is 5.02 Å². The molecular weight excluding hydrogens is 380 g/mol. The lowest BCUT2D eigenvalue weighted by molar-refractivity contribution is -0.116. The average molecular weight is 396 g/mol. The molecule has 2 rings (SSSR count). The van der Waals surface area contributed by atoms with Gasteiger partial charge in [0.15, 0.2) is 0 Å². The van der Waals surface area contributed by atoms with E-state index < -0.39 is 0 Å². The lowest BCUT2D eigenvalue weighted by Gasteiger charge is -2.22. The molecule has 0 atom stereocenters. The van der Waals surface area contributed by atoms with Crippen molar-refractivity contribution in [3.8, 4) is 0 Å². The maximum absolute atomic E-state index is 12.0. The molecule has 120 valence electrons. The Balaban J connectivity index is 1.97. The number of carbonyl (C=O) groups is 2. The van der Waals surface area contributed by atoms with Crippen LogP contribution in [0.5, 0.6) is 0 Å². The zero-order chi connectivity index (χ0) is 16.8. The van der Waals surface area contributed by atoms with Gasteiger partial charge in [-0.05, 0) is 52.3 Å². The molecule has 0 aromatic heterocycles. The van der Waals surface area contributed by atoms with Gasteiger partial charge in [0.1, 0.15) is 0 Å². The summed E-state index contributed by atoms with van der Waals surface area (Å²) in [7, 11) is 0. The maximum Gasteiger partial charge on any atom is 0.251 e. The van der Waals surface area contributed by atoms with Gasteiger partial charge in [0.2, 0.25) is 5.91 Å². The quantitative estimate of drug-likeness (QED) is 0.835. The topological polar surface area (TPSA) is 49.4 Å². The summed E-state index contributed by atoms with van der Waals surface area (Å²) < 4.78 is 0.833. The fourth-order valence-corrected chi connectivity index (χ4v) is 2.73. The van der Waals surface area contributed by atoms with Crippen LogP contribution in [0.1, 0.15) is 17.3 Å². The van der Waals surface area contributed by atoms with Crippen LogP contribution in [0.25, 0.3) is 0 Å². The number of hydrogen-bond donors (Lipinski definition) is 1. The number of anilines is 1. The average Bonchev–Trinajstić information content (AvgIpc) is 2.53. The summed E-state index contributed by atoms with van der Waals surface area (Å²) in [6.45, 7) is 2.24. The van der Waals surface area contributed by atoms with Gasteiger partial charge >= 0.3 is 0 Å². The molecule has 0 fully saturated rings. The molecule has 2 aromatic carbocycles. The largest absolute Gasteiger partial charge is 0.350 e. The summed E-state index contributed by atoms with van der Waals surface area (Å²) in [6.07, 6.45) is 0. The smallest absolute Gasteiger partial charge is 0.251 e. The van der Waals surface area contributed by atoms with Crippen LogP contribution >= 0.6 is 27.5 Å². The van der Waals surface area contributed by atoms with Crippen LogP contribution < -0.4 is 10.2 Å². The van der Waals surface area contributed by atoms with Gasteiger partial charge in [0.25, 0.3) is 5.91 Å². The minimum atomic E-state index is -0.197. The Morgan fingerprint density at radius 1 is 1.13 bits per heavy atom. The molecule has 4 nitrogen and oxygen atoms in total. The van der Waals surface area contributed by atoms with Crippen LogP contribution in [-0.4, -0.2) is 24.9 Å². The second-order valence-electron chi connectivity index (χ2n) is 4.88. The molecule has 0 spiro atoms. The second-order valence-corrected chi connectivity index (χ2v) is 6.18. The van der Waals surface area contributed by atoms with E-state index in [1.807, 2.05) is 24.3 Å². The molecular formula is C17H16BrClN2O2. The Kier molecular flexibility index (Phi) is 6.19. The highest BCUT2D eigenvalue weighted by Gasteiger charge is 2.14. The first-order chi connectivity index (χ1) is 11.0. The Labute approximate surface area is 148 Å². The van der Waals surface area contributed by atoms with Crippen molar-refractivity contribution in [3.63, 3.8) is 0 Å². The van der Waals surface area contributed by atoms with Crippen LogP contribution in [0.4, 0.5) is 5.69 Å². The molecule has 2 aromatic rings. The van der Waals surface area contributed by atoms with Gasteiger partial charge in [0, 0.05) is 35.1 Å². The molecule has 0 heterocycles. The second kappa shape index (κ2) is 8.13. The predicted octanol–water partition coefficient (Wildman–Crippen LogP) is 3.89. The first-order valence-electron chi connectivity index (χ1n) is 7.05. The molecule has 23 heavy (non-hydrogen) atoms. The molecule has 2 amide bonds. The van der Waals surface area contributed by atoms with E-state index in [0.29, 0.717) is 23.7 Å². The summed E-state index contributed by atoms with van der Waals surface area (Å²) in [6, 6.07) is 14.1. The van der Waals surface area contributed by atoms with Gasteiger partial charge in [0.05, 0.1) is 5.69 Å². The fraction of sp³-hybridized carbons (Fsp3) is 0.176. The number of benzene rings is 2. The van der Waals surface area contributed by atoms with Crippen molar-refractivity contribution in [2.45, 2.75) is 6.92 Å². The number of para-hydroxylation sites is 1. The van der Waals surface area contributed by atoms with E-state index in [1.54, 1.807) is 29.2 Å². The van der Waals surface area contributed by atoms with E-state index in [-0.39, 0.29) is 11.8 Å². The van der Waals surface area contributed by atoms with E-state index in [2.05, 4.69) is 21.2 Å². The number of rotatable bonds is 5. The van der Waals surface area contributed by atoms with Gasteiger partial charge in [-0.3, -0.25) is 9.59 Å². The van der Waals surface area contributed by atoms with E-state index in [1.165, 1.54) is 6.92 Å². The van der Waals surface area contributed by atoms with Gasteiger partial charge < -0.3 is 10.2 Å². The SMILES string of the molecule is CC(=O)N(CCNC(=O)c1ccc(Cl)cc1)c1ccccc1Br. The van der Waals surface area contributed by atoms with Crippen molar-refractivity contribution < 1.29 is 9.59 Å². The number of halogens is 2. The first-order valence-corrected chi connectivity index (χ1v) is 8.22. The third-order valence-electron chi connectivity index (χ3n) is 3.25. The van der Waals surface area contributed by atoms with E-state index >= 15 is 0 Å². The molecule has 1 N–H and O–H groups in total. The van der Waals surface area contributed by atoms with Crippen molar-refractivity contribution in [2.24, 2.45) is 0 Å². The minimum Gasteiger partial charge on any atom is -0.350 e. The lowest BCUT2D eigenvalue weighted by atomic mass is 10.2. The highest BCUT2D eigenvalue weighted by Crippen LogP contribution is 2.25. The maximum atomic E-state index is 12.0. The monoisotopic (exact) mass is 394 g/mol. The normalized spacial score (nSPS) is 10.2. The number of nitrogens with zero attached hydrogens (tertiary/aromatic N) is 1. The molecule has 0 saturated heterocycles. The van der Waals surface area contributed by atoms with Gasteiger partial charge in [-0.2, -0.15) is 0 Å². The van der Waals surface area contributed by atoms with Gasteiger partial charge in [-0.25, -0.2) is 0 Å². The summed E-state index contributed by atoms with van der Waals surface area (Å²) in [5.41, 5.74) is 1.31. The van der Waals surface area contributed by atoms with Gasteiger partial charge in [-0.15, -0.1) is 0 Å². The third-order valence-corrected chi connectivity index (χ3v) is 4.17. The van der Waals surface area contributed by atoms with Crippen LogP contribution in [-0.2, 0) is 4.79 Å². The Morgan fingerprint density at radius 2 is 1.78 bits per heavy atom.